The zero-order valence-corrected chi connectivity index (χ0v) is 19.0. The second-order valence-electron chi connectivity index (χ2n) is 8.31. The van der Waals surface area contributed by atoms with Crippen LogP contribution in [0.25, 0.3) is 6.08 Å². The zero-order chi connectivity index (χ0) is 23.5. The smallest absolute Gasteiger partial charge is 0.269 e. The summed E-state index contributed by atoms with van der Waals surface area (Å²) < 4.78 is 0. The molecule has 34 heavy (non-hydrogen) atoms. The molecule has 1 aliphatic carbocycles. The van der Waals surface area contributed by atoms with Crippen molar-refractivity contribution in [2.45, 2.75) is 12.8 Å². The predicted octanol–water partition coefficient (Wildman–Crippen LogP) is 7.79. The third kappa shape index (κ3) is 4.16. The fourth-order valence-corrected chi connectivity index (χ4v) is 4.42. The normalized spacial score (nSPS) is 12.1. The van der Waals surface area contributed by atoms with Crippen molar-refractivity contribution in [1.29, 1.82) is 0 Å². The average Bonchev–Trinajstić information content (AvgIpc) is 2.90. The van der Waals surface area contributed by atoms with Gasteiger partial charge in [-0.3, -0.25) is 10.1 Å². The van der Waals surface area contributed by atoms with Gasteiger partial charge in [0, 0.05) is 47.5 Å². The van der Waals surface area contributed by atoms with Crippen molar-refractivity contribution in [2.75, 3.05) is 16.8 Å². The molecule has 0 radical (unpaired) electrons. The van der Waals surface area contributed by atoms with Crippen molar-refractivity contribution < 1.29 is 4.92 Å². The first-order chi connectivity index (χ1) is 16.6. The summed E-state index contributed by atoms with van der Waals surface area (Å²) in [5.74, 6) is 0. The van der Waals surface area contributed by atoms with Crippen LogP contribution in [0.2, 0.25) is 0 Å². The Morgan fingerprint density at radius 2 is 1.35 bits per heavy atom. The molecule has 0 heterocycles. The summed E-state index contributed by atoms with van der Waals surface area (Å²) in [5.41, 5.74) is 7.95. The van der Waals surface area contributed by atoms with Crippen LogP contribution in [-0.4, -0.2) is 12.0 Å². The Morgan fingerprint density at radius 3 is 2.03 bits per heavy atom. The number of fused-ring (bicyclic) bond motifs is 1. The molecule has 0 spiro atoms. The Bertz CT molecular complexity index is 1330. The van der Waals surface area contributed by atoms with Gasteiger partial charge in [-0.15, -0.1) is 0 Å². The average molecular weight is 448 g/mol. The van der Waals surface area contributed by atoms with Gasteiger partial charge in [0.1, 0.15) is 0 Å². The van der Waals surface area contributed by atoms with E-state index < -0.39 is 0 Å². The van der Waals surface area contributed by atoms with Crippen molar-refractivity contribution >= 4 is 40.2 Å². The summed E-state index contributed by atoms with van der Waals surface area (Å²) in [5, 5.41) is 11.0. The number of benzene rings is 4. The lowest BCUT2D eigenvalue weighted by Gasteiger charge is -2.29. The van der Waals surface area contributed by atoms with Gasteiger partial charge in [0.15, 0.2) is 0 Å². The van der Waals surface area contributed by atoms with Crippen LogP contribution in [0.3, 0.4) is 0 Å². The predicted molar refractivity (Wildman–Crippen MR) is 140 cm³/mol. The summed E-state index contributed by atoms with van der Waals surface area (Å²) >= 11 is 0. The number of nitro benzene ring substituents is 1. The van der Waals surface area contributed by atoms with Crippen molar-refractivity contribution in [3.63, 3.8) is 0 Å². The second-order valence-corrected chi connectivity index (χ2v) is 8.31. The van der Waals surface area contributed by atoms with Crippen LogP contribution in [0.15, 0.2) is 103 Å². The van der Waals surface area contributed by atoms with E-state index in [1.807, 2.05) is 18.0 Å². The molecule has 0 aliphatic heterocycles. The van der Waals surface area contributed by atoms with Gasteiger partial charge < -0.3 is 9.80 Å². The number of allylic oxidation sites excluding steroid dienone is 1. The monoisotopic (exact) mass is 447 g/mol. The molecule has 1 aliphatic rings. The fraction of sp³-hybridized carbons (Fsp3) is 0.103. The number of nitrogens with zero attached hydrogens (tertiary/aromatic N) is 3. The molecule has 0 saturated heterocycles. The number of rotatable bonds is 6. The van der Waals surface area contributed by atoms with Gasteiger partial charge in [0.2, 0.25) is 0 Å². The van der Waals surface area contributed by atoms with E-state index in [0.29, 0.717) is 0 Å². The number of nitro groups is 1. The zero-order valence-electron chi connectivity index (χ0n) is 19.0. The van der Waals surface area contributed by atoms with E-state index in [-0.39, 0.29) is 10.6 Å². The van der Waals surface area contributed by atoms with Crippen LogP contribution in [0.4, 0.5) is 34.1 Å². The lowest BCUT2D eigenvalue weighted by molar-refractivity contribution is -0.384. The van der Waals surface area contributed by atoms with Gasteiger partial charge in [-0.1, -0.05) is 42.5 Å². The van der Waals surface area contributed by atoms with Gasteiger partial charge in [-0.05, 0) is 73.0 Å². The minimum atomic E-state index is -0.381. The molecule has 4 aromatic rings. The highest BCUT2D eigenvalue weighted by atomic mass is 16.6. The van der Waals surface area contributed by atoms with E-state index in [1.54, 1.807) is 12.1 Å². The Labute approximate surface area is 199 Å². The maximum absolute atomic E-state index is 11.0. The van der Waals surface area contributed by atoms with Crippen LogP contribution in [0.1, 0.15) is 17.5 Å². The van der Waals surface area contributed by atoms with E-state index in [0.717, 1.165) is 41.3 Å². The number of anilines is 5. The van der Waals surface area contributed by atoms with Crippen molar-refractivity contribution in [3.8, 4) is 0 Å². The van der Waals surface area contributed by atoms with E-state index in [2.05, 4.69) is 83.8 Å². The largest absolute Gasteiger partial charge is 0.345 e. The quantitative estimate of drug-likeness (QED) is 0.224. The Morgan fingerprint density at radius 1 is 0.735 bits per heavy atom. The molecule has 4 aromatic carbocycles. The Kier molecular flexibility index (Phi) is 5.83. The number of para-hydroxylation sites is 1. The number of hydrogen-bond acceptors (Lipinski definition) is 4. The highest BCUT2D eigenvalue weighted by Gasteiger charge is 2.18. The standard InChI is InChI=1S/C29H25N3O2/c1-30(24-16-20-27(21-17-24)32(33)34)23-14-18-26(19-15-23)31(25-10-3-2-4-11-25)29-13-7-9-22-8-5-6-12-28(22)29/h2-4,6-7,9-21H,5,8H2,1H3. The van der Waals surface area contributed by atoms with Gasteiger partial charge in [0.25, 0.3) is 5.69 Å². The number of aryl methyl sites for hydroxylation is 1. The first kappa shape index (κ1) is 21.5. The Hall–Kier alpha value is -4.38. The van der Waals surface area contributed by atoms with Crippen molar-refractivity contribution in [1.82, 2.24) is 0 Å². The van der Waals surface area contributed by atoms with Crippen LogP contribution < -0.4 is 9.80 Å². The second kappa shape index (κ2) is 9.24. The summed E-state index contributed by atoms with van der Waals surface area (Å²) in [6.45, 7) is 0. The fourth-order valence-electron chi connectivity index (χ4n) is 4.42. The maximum atomic E-state index is 11.0. The van der Waals surface area contributed by atoms with E-state index >= 15 is 0 Å². The van der Waals surface area contributed by atoms with Crippen molar-refractivity contribution in [3.05, 3.63) is 124 Å². The molecule has 0 saturated carbocycles. The van der Waals surface area contributed by atoms with Gasteiger partial charge in [0.05, 0.1) is 10.6 Å². The first-order valence-corrected chi connectivity index (χ1v) is 11.3. The summed E-state index contributed by atoms with van der Waals surface area (Å²) in [7, 11) is 1.96. The molecule has 0 amide bonds. The maximum Gasteiger partial charge on any atom is 0.269 e. The summed E-state index contributed by atoms with van der Waals surface area (Å²) in [4.78, 5) is 14.9. The van der Waals surface area contributed by atoms with Crippen LogP contribution >= 0.6 is 0 Å². The first-order valence-electron chi connectivity index (χ1n) is 11.3. The van der Waals surface area contributed by atoms with E-state index in [4.69, 9.17) is 0 Å². The minimum Gasteiger partial charge on any atom is -0.345 e. The number of non-ortho nitro benzene ring substituents is 1. The molecule has 5 nitrogen and oxygen atoms in total. The minimum absolute atomic E-state index is 0.0891. The van der Waals surface area contributed by atoms with E-state index in [9.17, 15) is 10.1 Å². The molecule has 0 aromatic heterocycles. The molecule has 5 rings (SSSR count). The molecule has 5 heteroatoms. The van der Waals surface area contributed by atoms with Crippen LogP contribution in [0, 0.1) is 10.1 Å². The van der Waals surface area contributed by atoms with Gasteiger partial charge in [-0.2, -0.15) is 0 Å². The topological polar surface area (TPSA) is 49.6 Å². The lowest BCUT2D eigenvalue weighted by atomic mass is 9.95. The molecule has 0 atom stereocenters. The molecule has 0 bridgehead atoms. The summed E-state index contributed by atoms with van der Waals surface area (Å²) in [6.07, 6.45) is 6.62. The molecular weight excluding hydrogens is 422 g/mol. The molecular formula is C29H25N3O2. The SMILES string of the molecule is CN(c1ccc(N(c2ccccc2)c2cccc3c2C=CCC3)cc1)c1ccc([N+](=O)[O-])cc1. The molecule has 0 N–H and O–H groups in total. The third-order valence-electron chi connectivity index (χ3n) is 6.24. The summed E-state index contributed by atoms with van der Waals surface area (Å²) in [6, 6.07) is 31.9. The van der Waals surface area contributed by atoms with Crippen molar-refractivity contribution in [2.24, 2.45) is 0 Å². The highest BCUT2D eigenvalue weighted by molar-refractivity contribution is 5.84. The number of hydrogen-bond donors (Lipinski definition) is 0. The highest BCUT2D eigenvalue weighted by Crippen LogP contribution is 2.40. The van der Waals surface area contributed by atoms with Gasteiger partial charge >= 0.3 is 0 Å². The molecule has 0 unspecified atom stereocenters. The van der Waals surface area contributed by atoms with Gasteiger partial charge in [-0.25, -0.2) is 0 Å². The molecule has 168 valence electrons. The molecule has 0 fully saturated rings. The van der Waals surface area contributed by atoms with Crippen LogP contribution in [-0.2, 0) is 6.42 Å². The van der Waals surface area contributed by atoms with Crippen LogP contribution in [0.5, 0.6) is 0 Å². The Balaban J connectivity index is 1.51. The lowest BCUT2D eigenvalue weighted by Crippen LogP contribution is -2.13. The third-order valence-corrected chi connectivity index (χ3v) is 6.24. The van der Waals surface area contributed by atoms with E-state index in [1.165, 1.54) is 23.3 Å².